The van der Waals surface area contributed by atoms with Crippen LogP contribution in [0.2, 0.25) is 5.02 Å². The van der Waals surface area contributed by atoms with E-state index in [2.05, 4.69) is 5.32 Å². The third kappa shape index (κ3) is 5.39. The second-order valence-corrected chi connectivity index (χ2v) is 9.66. The number of nitrogens with zero attached hydrogens (tertiary/aromatic N) is 1. The Labute approximate surface area is 206 Å². The van der Waals surface area contributed by atoms with Gasteiger partial charge in [0.15, 0.2) is 0 Å². The lowest BCUT2D eigenvalue weighted by molar-refractivity contribution is 0.0284. The molecule has 0 saturated carbocycles. The highest BCUT2D eigenvalue weighted by atomic mass is 35.5. The molecule has 0 aliphatic carbocycles. The van der Waals surface area contributed by atoms with E-state index in [9.17, 15) is 14.7 Å². The van der Waals surface area contributed by atoms with Gasteiger partial charge in [0.1, 0.15) is 16.5 Å². The molecule has 1 amide bonds. The molecule has 0 aliphatic heterocycles. The van der Waals surface area contributed by atoms with Crippen LogP contribution in [0.3, 0.4) is 0 Å². The molecule has 0 saturated heterocycles. The molecule has 0 radical (unpaired) electrons. The van der Waals surface area contributed by atoms with Gasteiger partial charge < -0.3 is 19.7 Å². The molecule has 2 aromatic heterocycles. The number of aliphatic hydroxyl groups excluding tert-OH is 1. The normalized spacial score (nSPS) is 12.1. The van der Waals surface area contributed by atoms with Crippen molar-refractivity contribution < 1.29 is 14.6 Å². The Hall–Kier alpha value is -2.97. The first-order valence-corrected chi connectivity index (χ1v) is 12.0. The number of nitrogens with one attached hydrogen (secondary N) is 1. The molecule has 0 spiro atoms. The van der Waals surface area contributed by atoms with Crippen molar-refractivity contribution in [2.24, 2.45) is 7.05 Å². The number of fused-ring (bicyclic) bond motifs is 1. The average molecular weight is 497 g/mol. The van der Waals surface area contributed by atoms with Crippen LogP contribution < -0.4 is 10.7 Å². The van der Waals surface area contributed by atoms with Gasteiger partial charge in [-0.3, -0.25) is 9.59 Å². The van der Waals surface area contributed by atoms with E-state index in [0.29, 0.717) is 17.0 Å². The summed E-state index contributed by atoms with van der Waals surface area (Å²) < 4.78 is 7.52. The highest BCUT2D eigenvalue weighted by Gasteiger charge is 2.17. The second kappa shape index (κ2) is 10.5. The van der Waals surface area contributed by atoms with E-state index < -0.39 is 12.0 Å². The van der Waals surface area contributed by atoms with Gasteiger partial charge in [-0.1, -0.05) is 48.0 Å². The van der Waals surface area contributed by atoms with Crippen molar-refractivity contribution in [2.45, 2.75) is 26.2 Å². The molecule has 2 heterocycles. The number of amides is 1. The zero-order valence-electron chi connectivity index (χ0n) is 18.9. The number of carbonyl (C=O) groups is 1. The van der Waals surface area contributed by atoms with Crippen LogP contribution in [0.25, 0.3) is 10.2 Å². The zero-order valence-corrected chi connectivity index (χ0v) is 20.4. The van der Waals surface area contributed by atoms with Crippen LogP contribution in [0.15, 0.2) is 65.6 Å². The molecule has 0 fully saturated rings. The van der Waals surface area contributed by atoms with Crippen molar-refractivity contribution in [3.05, 3.63) is 103 Å². The van der Waals surface area contributed by atoms with Crippen molar-refractivity contribution in [1.82, 2.24) is 9.88 Å². The molecule has 2 aromatic carbocycles. The summed E-state index contributed by atoms with van der Waals surface area (Å²) in [4.78, 5) is 27.4. The summed E-state index contributed by atoms with van der Waals surface area (Å²) in [5.41, 5.74) is 2.50. The van der Waals surface area contributed by atoms with Gasteiger partial charge in [0.25, 0.3) is 5.91 Å². The minimum atomic E-state index is -0.724. The van der Waals surface area contributed by atoms with Crippen LogP contribution >= 0.6 is 22.9 Å². The van der Waals surface area contributed by atoms with Crippen LogP contribution in [-0.2, 0) is 24.9 Å². The summed E-state index contributed by atoms with van der Waals surface area (Å²) in [7, 11) is 1.81. The van der Waals surface area contributed by atoms with Crippen LogP contribution in [0.5, 0.6) is 0 Å². The molecular formula is C26H25ClN2O4S. The minimum Gasteiger partial charge on any atom is -0.386 e. The fraction of sp³-hybridized carbons (Fsp3) is 0.231. The number of halogens is 1. The fourth-order valence-corrected chi connectivity index (χ4v) is 4.90. The number of ether oxygens (including phenoxy) is 1. The molecule has 0 unspecified atom stereocenters. The number of aryl methyl sites for hydroxylation is 2. The molecule has 0 aliphatic rings. The van der Waals surface area contributed by atoms with Crippen LogP contribution in [0, 0.1) is 6.92 Å². The number of pyridine rings is 1. The van der Waals surface area contributed by atoms with Crippen LogP contribution in [-0.4, -0.2) is 22.2 Å². The molecule has 2 N–H and O–H groups in total. The van der Waals surface area contributed by atoms with Crippen LogP contribution in [0.4, 0.5) is 0 Å². The molecule has 4 aromatic rings. The van der Waals surface area contributed by atoms with E-state index in [-0.39, 0.29) is 24.2 Å². The van der Waals surface area contributed by atoms with Gasteiger partial charge in [-0.15, -0.1) is 11.3 Å². The van der Waals surface area contributed by atoms with Crippen molar-refractivity contribution >= 4 is 39.1 Å². The average Bonchev–Trinajstić information content (AvgIpc) is 3.26. The smallest absolute Gasteiger partial charge is 0.257 e. The second-order valence-electron chi connectivity index (χ2n) is 8.11. The molecule has 6 nitrogen and oxygen atoms in total. The Kier molecular flexibility index (Phi) is 7.48. The SMILES string of the molecule is Cc1ccccc1[C@@H](O)COCc1cc2c(=O)c(C(=O)NCc3ccc(Cl)cc3)cn(C)c2s1. The zero-order chi connectivity index (χ0) is 24.2. The van der Waals surface area contributed by atoms with Crippen molar-refractivity contribution in [3.63, 3.8) is 0 Å². The van der Waals surface area contributed by atoms with Crippen LogP contribution in [0.1, 0.15) is 38.0 Å². The monoisotopic (exact) mass is 496 g/mol. The Bertz CT molecular complexity index is 1380. The first kappa shape index (κ1) is 24.2. The summed E-state index contributed by atoms with van der Waals surface area (Å²) in [5, 5.41) is 14.3. The third-order valence-electron chi connectivity index (χ3n) is 5.57. The summed E-state index contributed by atoms with van der Waals surface area (Å²) in [6.45, 7) is 2.65. The Morgan fingerprint density at radius 2 is 1.94 bits per heavy atom. The van der Waals surface area contributed by atoms with E-state index in [1.54, 1.807) is 36.0 Å². The summed E-state index contributed by atoms with van der Waals surface area (Å²) in [6.07, 6.45) is 0.836. The Balaban J connectivity index is 1.45. The fourth-order valence-electron chi connectivity index (χ4n) is 3.75. The molecule has 34 heavy (non-hydrogen) atoms. The summed E-state index contributed by atoms with van der Waals surface area (Å²) in [6, 6.07) is 16.6. The maximum Gasteiger partial charge on any atom is 0.257 e. The number of hydrogen-bond acceptors (Lipinski definition) is 5. The predicted octanol–water partition coefficient (Wildman–Crippen LogP) is 4.74. The maximum atomic E-state index is 13.0. The largest absolute Gasteiger partial charge is 0.386 e. The summed E-state index contributed by atoms with van der Waals surface area (Å²) >= 11 is 7.33. The lowest BCUT2D eigenvalue weighted by Crippen LogP contribution is -2.29. The number of aliphatic hydroxyl groups is 1. The van der Waals surface area contributed by atoms with Crippen molar-refractivity contribution in [1.29, 1.82) is 0 Å². The van der Waals surface area contributed by atoms with E-state index in [1.807, 2.05) is 43.3 Å². The number of benzene rings is 2. The van der Waals surface area contributed by atoms with Gasteiger partial charge in [0.05, 0.1) is 18.6 Å². The molecule has 0 bridgehead atoms. The lowest BCUT2D eigenvalue weighted by atomic mass is 10.0. The van der Waals surface area contributed by atoms with Gasteiger partial charge in [-0.05, 0) is 41.8 Å². The lowest BCUT2D eigenvalue weighted by Gasteiger charge is -2.13. The first-order valence-electron chi connectivity index (χ1n) is 10.8. The van der Waals surface area contributed by atoms with E-state index in [0.717, 1.165) is 26.4 Å². The first-order chi connectivity index (χ1) is 16.3. The van der Waals surface area contributed by atoms with E-state index >= 15 is 0 Å². The highest BCUT2D eigenvalue weighted by molar-refractivity contribution is 7.18. The number of aromatic nitrogens is 1. The summed E-state index contributed by atoms with van der Waals surface area (Å²) in [5.74, 6) is -0.428. The Morgan fingerprint density at radius 1 is 1.21 bits per heavy atom. The van der Waals surface area contributed by atoms with Gasteiger partial charge in [0, 0.05) is 29.7 Å². The molecule has 8 heteroatoms. The quantitative estimate of drug-likeness (QED) is 0.369. The van der Waals surface area contributed by atoms with Gasteiger partial charge >= 0.3 is 0 Å². The third-order valence-corrected chi connectivity index (χ3v) is 7.03. The van der Waals surface area contributed by atoms with Crippen molar-refractivity contribution in [3.8, 4) is 0 Å². The number of carbonyl (C=O) groups excluding carboxylic acids is 1. The molecular weight excluding hydrogens is 472 g/mol. The number of thiophene rings is 1. The Morgan fingerprint density at radius 3 is 2.68 bits per heavy atom. The van der Waals surface area contributed by atoms with Gasteiger partial charge in [0.2, 0.25) is 5.43 Å². The van der Waals surface area contributed by atoms with Gasteiger partial charge in [-0.2, -0.15) is 0 Å². The molecule has 1 atom stereocenters. The predicted molar refractivity (Wildman–Crippen MR) is 135 cm³/mol. The van der Waals surface area contributed by atoms with Crippen molar-refractivity contribution in [2.75, 3.05) is 6.61 Å². The number of hydrogen-bond donors (Lipinski definition) is 2. The van der Waals surface area contributed by atoms with Gasteiger partial charge in [-0.25, -0.2) is 0 Å². The highest BCUT2D eigenvalue weighted by Crippen LogP contribution is 2.25. The minimum absolute atomic E-state index is 0.0872. The number of rotatable bonds is 8. The molecule has 4 rings (SSSR count). The molecule has 176 valence electrons. The maximum absolute atomic E-state index is 13.0. The standard InChI is InChI=1S/C26H25ClN2O4S/c1-16-5-3-4-6-20(16)23(30)15-33-14-19-11-21-24(31)22(13-29(2)26(21)34-19)25(32)28-12-17-7-9-18(27)10-8-17/h3-11,13,23,30H,12,14-15H2,1-2H3,(H,28,32)/t23-/m0/s1. The topological polar surface area (TPSA) is 80.6 Å². The van der Waals surface area contributed by atoms with E-state index in [4.69, 9.17) is 16.3 Å². The van der Waals surface area contributed by atoms with E-state index in [1.165, 1.54) is 11.3 Å².